The van der Waals surface area contributed by atoms with Gasteiger partial charge in [-0.05, 0) is 30.7 Å². The lowest BCUT2D eigenvalue weighted by Crippen LogP contribution is -2.16. The molecule has 1 aromatic heterocycles. The molecule has 112 valence electrons. The van der Waals surface area contributed by atoms with Gasteiger partial charge in [-0.3, -0.25) is 9.48 Å². The number of rotatable bonds is 5. The first-order valence-electron chi connectivity index (χ1n) is 6.31. The number of benzene rings is 1. The minimum absolute atomic E-state index is 0.313. The van der Waals surface area contributed by atoms with Gasteiger partial charge in [-0.25, -0.2) is 0 Å². The first-order chi connectivity index (χ1) is 9.93. The van der Waals surface area contributed by atoms with Crippen LogP contribution in [-0.4, -0.2) is 22.4 Å². The Kier molecular flexibility index (Phi) is 4.30. The lowest BCUT2D eigenvalue weighted by molar-refractivity contribution is -0.274. The van der Waals surface area contributed by atoms with Crippen LogP contribution in [0.25, 0.3) is 11.3 Å². The van der Waals surface area contributed by atoms with Gasteiger partial charge in [0, 0.05) is 18.3 Å². The van der Waals surface area contributed by atoms with Crippen LogP contribution < -0.4 is 4.74 Å². The van der Waals surface area contributed by atoms with Gasteiger partial charge in [0.15, 0.2) is 6.29 Å². The maximum absolute atomic E-state index is 12.1. The Morgan fingerprint density at radius 3 is 2.48 bits per heavy atom. The van der Waals surface area contributed by atoms with Crippen LogP contribution in [0.4, 0.5) is 13.2 Å². The van der Waals surface area contributed by atoms with Gasteiger partial charge in [0.05, 0.1) is 5.56 Å². The molecule has 2 rings (SSSR count). The van der Waals surface area contributed by atoms with Crippen molar-refractivity contribution in [3.05, 3.63) is 36.0 Å². The molecule has 2 aromatic rings. The molecule has 21 heavy (non-hydrogen) atoms. The fourth-order valence-corrected chi connectivity index (χ4v) is 1.91. The molecule has 0 bridgehead atoms. The van der Waals surface area contributed by atoms with Gasteiger partial charge < -0.3 is 4.74 Å². The summed E-state index contributed by atoms with van der Waals surface area (Å²) in [7, 11) is 0. The molecule has 0 aliphatic rings. The summed E-state index contributed by atoms with van der Waals surface area (Å²) in [6.45, 7) is 2.64. The van der Waals surface area contributed by atoms with E-state index < -0.39 is 6.36 Å². The Bertz CT molecular complexity index is 618. The van der Waals surface area contributed by atoms with Gasteiger partial charge in [0.2, 0.25) is 0 Å². The van der Waals surface area contributed by atoms with E-state index >= 15 is 0 Å². The van der Waals surface area contributed by atoms with Crippen molar-refractivity contribution in [3.63, 3.8) is 0 Å². The number of carbonyl (C=O) groups excluding carboxylic acids is 1. The zero-order valence-corrected chi connectivity index (χ0v) is 11.2. The maximum Gasteiger partial charge on any atom is 0.573 e. The monoisotopic (exact) mass is 298 g/mol. The van der Waals surface area contributed by atoms with Gasteiger partial charge in [0.25, 0.3) is 0 Å². The molecule has 4 nitrogen and oxygen atoms in total. The van der Waals surface area contributed by atoms with Crippen molar-refractivity contribution in [1.29, 1.82) is 0 Å². The van der Waals surface area contributed by atoms with Crippen molar-refractivity contribution in [2.75, 3.05) is 0 Å². The summed E-state index contributed by atoms with van der Waals surface area (Å²) < 4.78 is 41.7. The molecule has 0 aliphatic carbocycles. The summed E-state index contributed by atoms with van der Waals surface area (Å²) in [5.41, 5.74) is 1.39. The van der Waals surface area contributed by atoms with Crippen LogP contribution in [0.1, 0.15) is 23.7 Å². The highest BCUT2D eigenvalue weighted by molar-refractivity contribution is 5.85. The van der Waals surface area contributed by atoms with Crippen molar-refractivity contribution in [3.8, 4) is 17.0 Å². The normalized spacial score (nSPS) is 11.4. The molecular weight excluding hydrogens is 285 g/mol. The summed E-state index contributed by atoms with van der Waals surface area (Å²) >= 11 is 0. The minimum Gasteiger partial charge on any atom is -0.406 e. The Labute approximate surface area is 119 Å². The Morgan fingerprint density at radius 1 is 1.29 bits per heavy atom. The van der Waals surface area contributed by atoms with Crippen molar-refractivity contribution in [2.24, 2.45) is 0 Å². The second-order valence-electron chi connectivity index (χ2n) is 4.39. The number of aromatic nitrogens is 2. The molecule has 0 spiro atoms. The summed E-state index contributed by atoms with van der Waals surface area (Å²) in [5.74, 6) is -0.313. The zero-order valence-electron chi connectivity index (χ0n) is 11.2. The average molecular weight is 298 g/mol. The van der Waals surface area contributed by atoms with Crippen LogP contribution in [0.2, 0.25) is 0 Å². The topological polar surface area (TPSA) is 44.1 Å². The van der Waals surface area contributed by atoms with E-state index in [0.29, 0.717) is 29.7 Å². The number of halogens is 3. The molecule has 0 N–H and O–H groups in total. The van der Waals surface area contributed by atoms with Gasteiger partial charge in [-0.2, -0.15) is 5.10 Å². The molecule has 7 heteroatoms. The average Bonchev–Trinajstić information content (AvgIpc) is 2.81. The standard InChI is InChI=1S/C14H13F3N2O2/c1-2-7-19-8-11(9-20)13(18-19)10-3-5-12(6-4-10)21-14(15,16)17/h3-6,8-9H,2,7H2,1H3. The van der Waals surface area contributed by atoms with E-state index in [4.69, 9.17) is 0 Å². The van der Waals surface area contributed by atoms with Crippen LogP contribution in [0, 0.1) is 0 Å². The number of hydrogen-bond acceptors (Lipinski definition) is 3. The number of alkyl halides is 3. The van der Waals surface area contributed by atoms with E-state index in [9.17, 15) is 18.0 Å². The van der Waals surface area contributed by atoms with Crippen molar-refractivity contribution in [1.82, 2.24) is 9.78 Å². The number of ether oxygens (including phenoxy) is 1. The van der Waals surface area contributed by atoms with Gasteiger partial charge >= 0.3 is 6.36 Å². The predicted octanol–water partition coefficient (Wildman–Crippen LogP) is 3.67. The quantitative estimate of drug-likeness (QED) is 0.791. The highest BCUT2D eigenvalue weighted by atomic mass is 19.4. The van der Waals surface area contributed by atoms with Crippen molar-refractivity contribution in [2.45, 2.75) is 26.3 Å². The molecule has 0 saturated carbocycles. The molecule has 0 fully saturated rings. The Balaban J connectivity index is 2.28. The second-order valence-corrected chi connectivity index (χ2v) is 4.39. The van der Waals surface area contributed by atoms with Crippen molar-refractivity contribution < 1.29 is 22.7 Å². The maximum atomic E-state index is 12.1. The summed E-state index contributed by atoms with van der Waals surface area (Å²) in [5, 5.41) is 4.27. The van der Waals surface area contributed by atoms with Crippen LogP contribution >= 0.6 is 0 Å². The smallest absolute Gasteiger partial charge is 0.406 e. The number of carbonyl (C=O) groups is 1. The Morgan fingerprint density at radius 2 is 1.95 bits per heavy atom. The minimum atomic E-state index is -4.72. The first-order valence-corrected chi connectivity index (χ1v) is 6.31. The van der Waals surface area contributed by atoms with Crippen LogP contribution in [0.3, 0.4) is 0 Å². The van der Waals surface area contributed by atoms with Crippen LogP contribution in [-0.2, 0) is 6.54 Å². The van der Waals surface area contributed by atoms with Crippen molar-refractivity contribution >= 4 is 6.29 Å². The third-order valence-corrected chi connectivity index (χ3v) is 2.73. The fourth-order valence-electron chi connectivity index (χ4n) is 1.91. The molecule has 0 amide bonds. The molecule has 1 aromatic carbocycles. The van der Waals surface area contributed by atoms with E-state index in [2.05, 4.69) is 9.84 Å². The van der Waals surface area contributed by atoms with E-state index in [1.165, 1.54) is 24.3 Å². The molecule has 0 aliphatic heterocycles. The first kappa shape index (κ1) is 15.1. The third-order valence-electron chi connectivity index (χ3n) is 2.73. The number of hydrogen-bond donors (Lipinski definition) is 0. The molecule has 0 radical (unpaired) electrons. The summed E-state index contributed by atoms with van der Waals surface area (Å²) in [6.07, 6.45) is -1.57. The number of nitrogens with zero attached hydrogens (tertiary/aromatic N) is 2. The fraction of sp³-hybridized carbons (Fsp3) is 0.286. The molecular formula is C14H13F3N2O2. The van der Waals surface area contributed by atoms with Crippen LogP contribution in [0.5, 0.6) is 5.75 Å². The molecule has 0 saturated heterocycles. The van der Waals surface area contributed by atoms with E-state index in [1.54, 1.807) is 10.9 Å². The zero-order chi connectivity index (χ0) is 15.5. The van der Waals surface area contributed by atoms with E-state index in [-0.39, 0.29) is 5.75 Å². The number of aryl methyl sites for hydroxylation is 1. The highest BCUT2D eigenvalue weighted by Gasteiger charge is 2.31. The van der Waals surface area contributed by atoms with Gasteiger partial charge in [-0.1, -0.05) is 6.92 Å². The van der Waals surface area contributed by atoms with Gasteiger partial charge in [-0.15, -0.1) is 13.2 Å². The Hall–Kier alpha value is -2.31. The predicted molar refractivity (Wildman–Crippen MR) is 70.0 cm³/mol. The lowest BCUT2D eigenvalue weighted by Gasteiger charge is -2.08. The number of aldehydes is 1. The summed E-state index contributed by atoms with van der Waals surface area (Å²) in [6, 6.07) is 5.26. The molecule has 0 unspecified atom stereocenters. The highest BCUT2D eigenvalue weighted by Crippen LogP contribution is 2.27. The molecule has 0 atom stereocenters. The summed E-state index contributed by atoms with van der Waals surface area (Å²) in [4.78, 5) is 11.0. The third kappa shape index (κ3) is 3.84. The van der Waals surface area contributed by atoms with E-state index in [1.807, 2.05) is 6.92 Å². The van der Waals surface area contributed by atoms with Crippen LogP contribution in [0.15, 0.2) is 30.5 Å². The molecule has 1 heterocycles. The lowest BCUT2D eigenvalue weighted by atomic mass is 10.1. The SMILES string of the molecule is CCCn1cc(C=O)c(-c2ccc(OC(F)(F)F)cc2)n1. The van der Waals surface area contributed by atoms with Gasteiger partial charge in [0.1, 0.15) is 11.4 Å². The second kappa shape index (κ2) is 5.99. The van der Waals surface area contributed by atoms with E-state index in [0.717, 1.165) is 6.42 Å². The largest absolute Gasteiger partial charge is 0.573 e.